The number of imidazole rings is 1. The third-order valence-electron chi connectivity index (χ3n) is 5.61. The maximum absolute atomic E-state index is 5.80. The van der Waals surface area contributed by atoms with Gasteiger partial charge in [-0.3, -0.25) is 9.58 Å². The molecular formula is C17H25N5O. The third kappa shape index (κ3) is 2.81. The maximum atomic E-state index is 5.80. The predicted octanol–water partition coefficient (Wildman–Crippen LogP) is 1.71. The minimum Gasteiger partial charge on any atom is -0.379 e. The van der Waals surface area contributed by atoms with Crippen LogP contribution < -0.4 is 0 Å². The molecule has 2 aromatic heterocycles. The molecule has 2 aromatic rings. The van der Waals surface area contributed by atoms with E-state index in [1.54, 1.807) is 0 Å². The summed E-state index contributed by atoms with van der Waals surface area (Å²) in [4.78, 5) is 7.02. The van der Waals surface area contributed by atoms with Crippen molar-refractivity contribution in [2.75, 3.05) is 20.2 Å². The van der Waals surface area contributed by atoms with Gasteiger partial charge < -0.3 is 9.30 Å². The minimum absolute atomic E-state index is 0.268. The van der Waals surface area contributed by atoms with Gasteiger partial charge in [-0.15, -0.1) is 0 Å². The largest absolute Gasteiger partial charge is 0.379 e. The Morgan fingerprint density at radius 1 is 1.17 bits per heavy atom. The first-order chi connectivity index (χ1) is 11.2. The summed E-state index contributed by atoms with van der Waals surface area (Å²) >= 11 is 0. The molecule has 2 fully saturated rings. The molecule has 0 bridgehead atoms. The Morgan fingerprint density at radius 2 is 2.00 bits per heavy atom. The van der Waals surface area contributed by atoms with Gasteiger partial charge >= 0.3 is 0 Å². The van der Waals surface area contributed by atoms with Gasteiger partial charge in [0, 0.05) is 52.0 Å². The zero-order valence-electron chi connectivity index (χ0n) is 13.9. The molecule has 6 heteroatoms. The Labute approximate surface area is 137 Å². The third-order valence-corrected chi connectivity index (χ3v) is 5.61. The average molecular weight is 315 g/mol. The number of aromatic nitrogens is 4. The summed E-state index contributed by atoms with van der Waals surface area (Å²) < 4.78 is 10.0. The van der Waals surface area contributed by atoms with E-state index in [9.17, 15) is 0 Å². The van der Waals surface area contributed by atoms with E-state index in [4.69, 9.17) is 4.74 Å². The van der Waals surface area contributed by atoms with Crippen LogP contribution in [0.5, 0.6) is 0 Å². The van der Waals surface area contributed by atoms with Gasteiger partial charge in [0.1, 0.15) is 5.82 Å². The van der Waals surface area contributed by atoms with Crippen LogP contribution in [0.4, 0.5) is 0 Å². The molecule has 1 saturated heterocycles. The van der Waals surface area contributed by atoms with Crippen molar-refractivity contribution in [3.8, 4) is 0 Å². The summed E-state index contributed by atoms with van der Waals surface area (Å²) in [6, 6.07) is 2.37. The van der Waals surface area contributed by atoms with Crippen molar-refractivity contribution >= 4 is 0 Å². The quantitative estimate of drug-likeness (QED) is 0.862. The molecule has 1 saturated carbocycles. The van der Waals surface area contributed by atoms with E-state index in [1.165, 1.54) is 0 Å². The first-order valence-corrected chi connectivity index (χ1v) is 8.45. The Kier molecular flexibility index (Phi) is 3.95. The van der Waals surface area contributed by atoms with E-state index in [-0.39, 0.29) is 6.10 Å². The van der Waals surface area contributed by atoms with Gasteiger partial charge in [-0.2, -0.15) is 5.10 Å². The van der Waals surface area contributed by atoms with Crippen LogP contribution in [0.2, 0.25) is 0 Å². The molecule has 4 rings (SSSR count). The molecule has 1 aliphatic carbocycles. The van der Waals surface area contributed by atoms with Gasteiger partial charge in [-0.1, -0.05) is 0 Å². The second kappa shape index (κ2) is 6.09. The Bertz CT molecular complexity index is 637. The number of hydrogen-bond acceptors (Lipinski definition) is 4. The lowest BCUT2D eigenvalue weighted by molar-refractivity contribution is -0.00486. The van der Waals surface area contributed by atoms with Crippen molar-refractivity contribution < 1.29 is 4.74 Å². The van der Waals surface area contributed by atoms with Crippen molar-refractivity contribution in [3.05, 3.63) is 36.7 Å². The summed E-state index contributed by atoms with van der Waals surface area (Å²) in [5.74, 6) is 2.61. The van der Waals surface area contributed by atoms with E-state index < -0.39 is 0 Å². The Balaban J connectivity index is 1.46. The molecular weight excluding hydrogens is 290 g/mol. The molecule has 0 radical (unpaired) electrons. The van der Waals surface area contributed by atoms with Crippen LogP contribution in [0.1, 0.15) is 24.7 Å². The van der Waals surface area contributed by atoms with E-state index in [2.05, 4.69) is 37.5 Å². The van der Waals surface area contributed by atoms with E-state index in [1.807, 2.05) is 31.8 Å². The number of methoxy groups -OCH3 is 1. The normalized spacial score (nSPS) is 31.4. The van der Waals surface area contributed by atoms with Crippen molar-refractivity contribution in [3.63, 3.8) is 0 Å². The van der Waals surface area contributed by atoms with Gasteiger partial charge in [-0.25, -0.2) is 4.98 Å². The molecule has 4 atom stereocenters. The topological polar surface area (TPSA) is 48.1 Å². The number of aryl methyl sites for hydroxylation is 1. The first kappa shape index (κ1) is 14.9. The highest BCUT2D eigenvalue weighted by Gasteiger charge is 2.43. The Hall–Kier alpha value is -1.66. The number of likely N-dealkylation sites (tertiary alicyclic amines) is 1. The molecule has 0 N–H and O–H groups in total. The van der Waals surface area contributed by atoms with Crippen LogP contribution in [-0.2, 0) is 18.3 Å². The summed E-state index contributed by atoms with van der Waals surface area (Å²) in [5.41, 5.74) is 0. The number of ether oxygens (including phenoxy) is 1. The molecule has 6 nitrogen and oxygen atoms in total. The van der Waals surface area contributed by atoms with E-state index >= 15 is 0 Å². The minimum atomic E-state index is 0.268. The SMILES string of the molecule is CO[C@H]1C[C@@H]2CN(Cc3nccn3C)C[C@@H]2C[C@@H]1n1cccn1. The highest BCUT2D eigenvalue weighted by Crippen LogP contribution is 2.42. The number of fused-ring (bicyclic) bond motifs is 1. The molecule has 0 aromatic carbocycles. The van der Waals surface area contributed by atoms with Gasteiger partial charge in [0.15, 0.2) is 0 Å². The number of nitrogens with zero attached hydrogens (tertiary/aromatic N) is 5. The molecule has 0 amide bonds. The molecule has 124 valence electrons. The predicted molar refractivity (Wildman–Crippen MR) is 86.8 cm³/mol. The summed E-state index contributed by atoms with van der Waals surface area (Å²) in [7, 11) is 3.91. The second-order valence-corrected chi connectivity index (χ2v) is 6.97. The van der Waals surface area contributed by atoms with E-state index in [0.717, 1.165) is 50.1 Å². The maximum Gasteiger partial charge on any atom is 0.122 e. The smallest absolute Gasteiger partial charge is 0.122 e. The fourth-order valence-corrected chi connectivity index (χ4v) is 4.37. The number of hydrogen-bond donors (Lipinski definition) is 0. The van der Waals surface area contributed by atoms with Gasteiger partial charge in [0.05, 0.1) is 18.7 Å². The van der Waals surface area contributed by atoms with Gasteiger partial charge in [0.25, 0.3) is 0 Å². The van der Waals surface area contributed by atoms with Crippen molar-refractivity contribution in [1.29, 1.82) is 0 Å². The van der Waals surface area contributed by atoms with Crippen molar-refractivity contribution in [2.24, 2.45) is 18.9 Å². The molecule has 3 heterocycles. The summed E-state index contributed by atoms with van der Waals surface area (Å²) in [5, 5.41) is 4.45. The molecule has 23 heavy (non-hydrogen) atoms. The zero-order chi connectivity index (χ0) is 15.8. The fourth-order valence-electron chi connectivity index (χ4n) is 4.37. The highest BCUT2D eigenvalue weighted by atomic mass is 16.5. The van der Waals surface area contributed by atoms with Crippen LogP contribution in [0, 0.1) is 11.8 Å². The first-order valence-electron chi connectivity index (χ1n) is 8.45. The van der Waals surface area contributed by atoms with Crippen LogP contribution in [-0.4, -0.2) is 50.5 Å². The molecule has 2 aliphatic rings. The van der Waals surface area contributed by atoms with Crippen LogP contribution in [0.25, 0.3) is 0 Å². The van der Waals surface area contributed by atoms with Gasteiger partial charge in [0.2, 0.25) is 0 Å². The standard InChI is InChI=1S/C17H25N5O/c1-20-7-5-18-17(20)12-21-10-13-8-15(22-6-3-4-19-22)16(23-2)9-14(13)11-21/h3-7,13-16H,8-12H2,1-2H3/t13-,14+,15-,16-/m0/s1. The van der Waals surface area contributed by atoms with E-state index in [0.29, 0.717) is 6.04 Å². The number of rotatable bonds is 4. The monoisotopic (exact) mass is 315 g/mol. The molecule has 0 spiro atoms. The highest BCUT2D eigenvalue weighted by molar-refractivity contribution is 4.99. The fraction of sp³-hybridized carbons (Fsp3) is 0.647. The van der Waals surface area contributed by atoms with Crippen molar-refractivity contribution in [1.82, 2.24) is 24.2 Å². The summed E-state index contributed by atoms with van der Waals surface area (Å²) in [6.45, 7) is 3.26. The second-order valence-electron chi connectivity index (χ2n) is 6.97. The van der Waals surface area contributed by atoms with Crippen LogP contribution in [0.3, 0.4) is 0 Å². The lowest BCUT2D eigenvalue weighted by Crippen LogP contribution is -2.37. The van der Waals surface area contributed by atoms with Gasteiger partial charge in [-0.05, 0) is 30.7 Å². The van der Waals surface area contributed by atoms with Crippen LogP contribution >= 0.6 is 0 Å². The molecule has 0 unspecified atom stereocenters. The van der Waals surface area contributed by atoms with Crippen molar-refractivity contribution in [2.45, 2.75) is 31.5 Å². The zero-order valence-corrected chi connectivity index (χ0v) is 13.9. The average Bonchev–Trinajstić information content (AvgIpc) is 3.27. The lowest BCUT2D eigenvalue weighted by Gasteiger charge is -2.37. The summed E-state index contributed by atoms with van der Waals surface area (Å²) in [6.07, 6.45) is 10.4. The molecule has 1 aliphatic heterocycles. The Morgan fingerprint density at radius 3 is 2.65 bits per heavy atom. The van der Waals surface area contributed by atoms with Crippen LogP contribution in [0.15, 0.2) is 30.9 Å². The lowest BCUT2D eigenvalue weighted by atomic mass is 9.77.